The predicted octanol–water partition coefficient (Wildman–Crippen LogP) is -1.06. The molecule has 0 unspecified atom stereocenters. The summed E-state index contributed by atoms with van der Waals surface area (Å²) in [5.41, 5.74) is 0. The van der Waals surface area contributed by atoms with Gasteiger partial charge in [-0.25, -0.2) is 0 Å². The summed E-state index contributed by atoms with van der Waals surface area (Å²) < 4.78 is 0. The molecular formula is C9H16N4O6. The highest BCUT2D eigenvalue weighted by Crippen LogP contribution is 1.92. The molecule has 0 aromatic rings. The summed E-state index contributed by atoms with van der Waals surface area (Å²) in [7, 11) is 0. The third-order valence-electron chi connectivity index (χ3n) is 2.04. The fraction of sp³-hybridized carbons (Fsp3) is 0.778. The first kappa shape index (κ1) is 16.7. The number of hydrogen-bond donors (Lipinski definition) is 2. The van der Waals surface area contributed by atoms with Crippen LogP contribution in [0.5, 0.6) is 0 Å². The molecule has 0 bridgehead atoms. The Bertz CT molecular complexity index is 314. The number of nitrogens with one attached hydrogen (secondary N) is 2. The lowest BCUT2D eigenvalue weighted by Gasteiger charge is -2.03. The maximum atomic E-state index is 10.9. The highest BCUT2D eigenvalue weighted by Gasteiger charge is 2.08. The molecule has 0 saturated carbocycles. The molecule has 0 heterocycles. The van der Waals surface area contributed by atoms with Gasteiger partial charge in [-0.1, -0.05) is 0 Å². The Morgan fingerprint density at radius 1 is 0.789 bits per heavy atom. The Balaban J connectivity index is 3.36. The number of nitro groups is 2. The van der Waals surface area contributed by atoms with Crippen molar-refractivity contribution in [2.45, 2.75) is 19.3 Å². The summed E-state index contributed by atoms with van der Waals surface area (Å²) in [4.78, 5) is 40.3. The van der Waals surface area contributed by atoms with Gasteiger partial charge >= 0.3 is 0 Å². The molecule has 0 radical (unpaired) electrons. The first-order chi connectivity index (χ1) is 8.91. The van der Waals surface area contributed by atoms with Crippen LogP contribution >= 0.6 is 0 Å². The Labute approximate surface area is 108 Å². The molecule has 19 heavy (non-hydrogen) atoms. The Kier molecular flexibility index (Phi) is 8.58. The number of nitrogens with zero attached hydrogens (tertiary/aromatic N) is 2. The Morgan fingerprint density at radius 2 is 1.16 bits per heavy atom. The van der Waals surface area contributed by atoms with E-state index >= 15 is 0 Å². The van der Waals surface area contributed by atoms with Crippen LogP contribution in [-0.2, 0) is 9.59 Å². The van der Waals surface area contributed by atoms with Crippen LogP contribution in [0.1, 0.15) is 19.3 Å². The van der Waals surface area contributed by atoms with Crippen LogP contribution in [0.25, 0.3) is 0 Å². The van der Waals surface area contributed by atoms with Crippen LogP contribution < -0.4 is 10.6 Å². The lowest BCUT2D eigenvalue weighted by atomic mass is 10.2. The van der Waals surface area contributed by atoms with Gasteiger partial charge in [-0.3, -0.25) is 29.8 Å². The van der Waals surface area contributed by atoms with Gasteiger partial charge in [0.25, 0.3) is 24.9 Å². The first-order valence-corrected chi connectivity index (χ1v) is 5.69. The van der Waals surface area contributed by atoms with Crippen molar-refractivity contribution in [1.82, 2.24) is 10.6 Å². The van der Waals surface area contributed by atoms with E-state index in [1.54, 1.807) is 0 Å². The molecule has 0 aliphatic carbocycles. The lowest BCUT2D eigenvalue weighted by Crippen LogP contribution is -2.31. The molecule has 108 valence electrons. The number of amides is 2. The molecule has 0 spiro atoms. The van der Waals surface area contributed by atoms with Gasteiger partial charge in [-0.15, -0.1) is 0 Å². The van der Waals surface area contributed by atoms with Crippen LogP contribution in [0.4, 0.5) is 0 Å². The first-order valence-electron chi connectivity index (χ1n) is 5.69. The third-order valence-corrected chi connectivity index (χ3v) is 2.04. The largest absolute Gasteiger partial charge is 0.350 e. The highest BCUT2D eigenvalue weighted by molar-refractivity contribution is 5.77. The standard InChI is InChI=1S/C9H16N4O6/c14-8(6-12(16)17)10-4-2-1-3-5-11-9(15)7-13(18)19/h1-7H2,(H,10,14)(H,11,15). The van der Waals surface area contributed by atoms with Gasteiger partial charge in [0.15, 0.2) is 0 Å². The van der Waals surface area contributed by atoms with E-state index in [9.17, 15) is 29.8 Å². The molecule has 0 aliphatic rings. The molecule has 0 aliphatic heterocycles. The quantitative estimate of drug-likeness (QED) is 0.295. The second-order valence-electron chi connectivity index (χ2n) is 3.74. The van der Waals surface area contributed by atoms with E-state index < -0.39 is 34.8 Å². The van der Waals surface area contributed by atoms with E-state index in [0.717, 1.165) is 0 Å². The van der Waals surface area contributed by atoms with Crippen LogP contribution in [-0.4, -0.2) is 47.8 Å². The minimum absolute atomic E-state index is 0.329. The third kappa shape index (κ3) is 12.0. The van der Waals surface area contributed by atoms with Gasteiger partial charge < -0.3 is 10.6 Å². The second kappa shape index (κ2) is 9.74. The van der Waals surface area contributed by atoms with E-state index in [-0.39, 0.29) is 0 Å². The zero-order valence-corrected chi connectivity index (χ0v) is 10.3. The maximum Gasteiger partial charge on any atom is 0.291 e. The van der Waals surface area contributed by atoms with Gasteiger partial charge in [0.2, 0.25) is 0 Å². The van der Waals surface area contributed by atoms with Crippen LogP contribution in [0.2, 0.25) is 0 Å². The zero-order valence-electron chi connectivity index (χ0n) is 10.3. The summed E-state index contributed by atoms with van der Waals surface area (Å²) in [6.45, 7) is -0.821. The molecule has 0 rings (SSSR count). The fourth-order valence-electron chi connectivity index (χ4n) is 1.23. The van der Waals surface area contributed by atoms with Gasteiger partial charge in [0, 0.05) is 22.9 Å². The topological polar surface area (TPSA) is 144 Å². The van der Waals surface area contributed by atoms with Crippen molar-refractivity contribution in [3.8, 4) is 0 Å². The molecule has 0 fully saturated rings. The van der Waals surface area contributed by atoms with Gasteiger partial charge in [0.1, 0.15) is 0 Å². The van der Waals surface area contributed by atoms with E-state index in [0.29, 0.717) is 32.4 Å². The molecule has 0 saturated heterocycles. The summed E-state index contributed by atoms with van der Waals surface area (Å²) in [5, 5.41) is 24.7. The van der Waals surface area contributed by atoms with E-state index in [4.69, 9.17) is 0 Å². The monoisotopic (exact) mass is 276 g/mol. The number of unbranched alkanes of at least 4 members (excludes halogenated alkanes) is 2. The minimum atomic E-state index is -0.739. The normalized spacial score (nSPS) is 9.68. The molecule has 2 amide bonds. The number of carbonyl (C=O) groups excluding carboxylic acids is 2. The van der Waals surface area contributed by atoms with Crippen LogP contribution in [0.15, 0.2) is 0 Å². The fourth-order valence-corrected chi connectivity index (χ4v) is 1.23. The van der Waals surface area contributed by atoms with Crippen molar-refractivity contribution in [2.24, 2.45) is 0 Å². The van der Waals surface area contributed by atoms with Crippen LogP contribution in [0, 0.1) is 20.2 Å². The van der Waals surface area contributed by atoms with Crippen molar-refractivity contribution in [1.29, 1.82) is 0 Å². The summed E-state index contributed by atoms with van der Waals surface area (Å²) in [6, 6.07) is 0. The number of hydrogen-bond acceptors (Lipinski definition) is 6. The molecule has 2 N–H and O–H groups in total. The van der Waals surface area contributed by atoms with Crippen molar-refractivity contribution in [3.05, 3.63) is 20.2 Å². The molecule has 0 aromatic carbocycles. The molecule has 10 nitrogen and oxygen atoms in total. The molecule has 10 heteroatoms. The van der Waals surface area contributed by atoms with E-state index in [1.807, 2.05) is 0 Å². The number of carbonyl (C=O) groups is 2. The lowest BCUT2D eigenvalue weighted by molar-refractivity contribution is -0.467. The summed E-state index contributed by atoms with van der Waals surface area (Å²) in [5.74, 6) is -1.27. The molecular weight excluding hydrogens is 260 g/mol. The van der Waals surface area contributed by atoms with Crippen LogP contribution in [0.3, 0.4) is 0 Å². The molecule has 0 aromatic heterocycles. The Morgan fingerprint density at radius 3 is 1.47 bits per heavy atom. The summed E-state index contributed by atoms with van der Waals surface area (Å²) in [6.07, 6.45) is 1.93. The van der Waals surface area contributed by atoms with Gasteiger partial charge in [-0.2, -0.15) is 0 Å². The zero-order chi connectivity index (χ0) is 14.7. The second-order valence-corrected chi connectivity index (χ2v) is 3.74. The van der Waals surface area contributed by atoms with Gasteiger partial charge in [-0.05, 0) is 19.3 Å². The highest BCUT2D eigenvalue weighted by atomic mass is 16.6. The van der Waals surface area contributed by atoms with Crippen molar-refractivity contribution < 1.29 is 19.4 Å². The van der Waals surface area contributed by atoms with Crippen molar-refractivity contribution in [3.63, 3.8) is 0 Å². The minimum Gasteiger partial charge on any atom is -0.350 e. The summed E-state index contributed by atoms with van der Waals surface area (Å²) >= 11 is 0. The van der Waals surface area contributed by atoms with Gasteiger partial charge in [0.05, 0.1) is 0 Å². The maximum absolute atomic E-state index is 10.9. The number of rotatable bonds is 10. The smallest absolute Gasteiger partial charge is 0.291 e. The van der Waals surface area contributed by atoms with E-state index in [2.05, 4.69) is 10.6 Å². The Hall–Kier alpha value is -2.26. The average Bonchev–Trinajstić information content (AvgIpc) is 2.25. The average molecular weight is 276 g/mol. The SMILES string of the molecule is O=C(C[N+](=O)[O-])NCCCCCNC(=O)C[N+](=O)[O-]. The predicted molar refractivity (Wildman–Crippen MR) is 63.6 cm³/mol. The van der Waals surface area contributed by atoms with Crippen molar-refractivity contribution >= 4 is 11.8 Å². The molecule has 0 atom stereocenters. The van der Waals surface area contributed by atoms with Crippen molar-refractivity contribution in [2.75, 3.05) is 26.2 Å². The van der Waals surface area contributed by atoms with E-state index in [1.165, 1.54) is 0 Å².